The van der Waals surface area contributed by atoms with Crippen molar-refractivity contribution in [2.45, 2.75) is 45.8 Å². The number of amides is 1. The van der Waals surface area contributed by atoms with Crippen LogP contribution in [0.3, 0.4) is 0 Å². The highest BCUT2D eigenvalue weighted by Gasteiger charge is 2.35. The molecule has 0 radical (unpaired) electrons. The quantitative estimate of drug-likeness (QED) is 0.464. The lowest BCUT2D eigenvalue weighted by Gasteiger charge is -2.19. The SMILES string of the molecule is C=CC.CC(C)(C)OC(=O)C[C@@H]1NC(=O)OC1=O.[HH]. The van der Waals surface area contributed by atoms with E-state index in [1.165, 1.54) is 0 Å². The summed E-state index contributed by atoms with van der Waals surface area (Å²) < 4.78 is 9.19. The molecule has 1 N–H and O–H groups in total. The van der Waals surface area contributed by atoms with Crippen molar-refractivity contribution in [2.75, 3.05) is 0 Å². The molecule has 0 aliphatic carbocycles. The van der Waals surface area contributed by atoms with Crippen LogP contribution in [0.15, 0.2) is 12.7 Å². The van der Waals surface area contributed by atoms with Crippen LogP contribution >= 0.6 is 0 Å². The lowest BCUT2D eigenvalue weighted by atomic mass is 10.2. The van der Waals surface area contributed by atoms with Crippen LogP contribution in [0.25, 0.3) is 0 Å². The average Bonchev–Trinajstić information content (AvgIpc) is 2.42. The smallest absolute Gasteiger partial charge is 0.415 e. The molecule has 1 aliphatic heterocycles. The fraction of sp³-hybridized carbons (Fsp3) is 0.583. The van der Waals surface area contributed by atoms with E-state index in [0.717, 1.165) is 0 Å². The summed E-state index contributed by atoms with van der Waals surface area (Å²) in [5.41, 5.74) is -0.608. The first-order chi connectivity index (χ1) is 8.19. The molecule has 0 aromatic heterocycles. The van der Waals surface area contributed by atoms with E-state index in [1.54, 1.807) is 26.8 Å². The standard InChI is InChI=1S/C9H13NO5.C3H6.H2/c1-9(2,3)15-6(11)4-5-7(12)14-8(13)10-5;1-3-2;/h5H,4H2,1-3H3,(H,10,13);3H,1H2,2H3;1H/t5-;;/m0../s1. The van der Waals surface area contributed by atoms with E-state index in [2.05, 4.69) is 16.6 Å². The third-order valence-electron chi connectivity index (χ3n) is 1.56. The van der Waals surface area contributed by atoms with Crippen molar-refractivity contribution >= 4 is 18.0 Å². The molecule has 0 spiro atoms. The largest absolute Gasteiger partial charge is 0.460 e. The molecule has 1 rings (SSSR count). The number of allylic oxidation sites excluding steroid dienone is 1. The third-order valence-corrected chi connectivity index (χ3v) is 1.56. The molecule has 0 saturated carbocycles. The fourth-order valence-corrected chi connectivity index (χ4v) is 1.08. The molecule has 18 heavy (non-hydrogen) atoms. The van der Waals surface area contributed by atoms with Gasteiger partial charge >= 0.3 is 18.0 Å². The maximum atomic E-state index is 11.3. The minimum atomic E-state index is -0.924. The molecule has 6 nitrogen and oxygen atoms in total. The van der Waals surface area contributed by atoms with Gasteiger partial charge in [-0.05, 0) is 27.7 Å². The Morgan fingerprint density at radius 2 is 2.06 bits per heavy atom. The van der Waals surface area contributed by atoms with Gasteiger partial charge < -0.3 is 14.8 Å². The van der Waals surface area contributed by atoms with E-state index >= 15 is 0 Å². The highest BCUT2D eigenvalue weighted by molar-refractivity contribution is 5.97. The molecule has 1 amide bonds. The van der Waals surface area contributed by atoms with Crippen LogP contribution in [0.5, 0.6) is 0 Å². The molecule has 1 aliphatic rings. The van der Waals surface area contributed by atoms with Crippen molar-refractivity contribution < 1.29 is 25.3 Å². The van der Waals surface area contributed by atoms with Crippen molar-refractivity contribution in [1.82, 2.24) is 5.32 Å². The Balaban J connectivity index is 0. The predicted octanol–water partition coefficient (Wildman–Crippen LogP) is 1.79. The predicted molar refractivity (Wildman–Crippen MR) is 66.9 cm³/mol. The average molecular weight is 259 g/mol. The Labute approximate surface area is 108 Å². The zero-order valence-electron chi connectivity index (χ0n) is 11.1. The normalized spacial score (nSPS) is 18.1. The van der Waals surface area contributed by atoms with Gasteiger partial charge in [0.1, 0.15) is 11.6 Å². The van der Waals surface area contributed by atoms with Crippen molar-refractivity contribution in [3.05, 3.63) is 12.7 Å². The molecule has 0 aromatic carbocycles. The summed E-state index contributed by atoms with van der Waals surface area (Å²) in [5.74, 6) is -1.29. The third kappa shape index (κ3) is 6.67. The maximum Gasteiger partial charge on any atom is 0.415 e. The Morgan fingerprint density at radius 3 is 2.39 bits per heavy atom. The van der Waals surface area contributed by atoms with E-state index < -0.39 is 29.7 Å². The number of alkyl carbamates (subject to hydrolysis) is 1. The Bertz CT molecular complexity index is 349. The van der Waals surface area contributed by atoms with Crippen LogP contribution in [0.2, 0.25) is 0 Å². The van der Waals surface area contributed by atoms with Gasteiger partial charge in [-0.15, -0.1) is 6.58 Å². The fourth-order valence-electron chi connectivity index (χ4n) is 1.08. The first-order valence-electron chi connectivity index (χ1n) is 5.50. The number of cyclic esters (lactones) is 2. The highest BCUT2D eigenvalue weighted by Crippen LogP contribution is 2.11. The highest BCUT2D eigenvalue weighted by atomic mass is 16.6. The van der Waals surface area contributed by atoms with Crippen molar-refractivity contribution in [3.63, 3.8) is 0 Å². The topological polar surface area (TPSA) is 81.7 Å². The summed E-state index contributed by atoms with van der Waals surface area (Å²) in [6.45, 7) is 10.4. The van der Waals surface area contributed by atoms with Gasteiger partial charge in [0.15, 0.2) is 0 Å². The number of rotatable bonds is 2. The minimum Gasteiger partial charge on any atom is -0.460 e. The van der Waals surface area contributed by atoms with Gasteiger partial charge in [-0.2, -0.15) is 0 Å². The molecular formula is C12H21NO5. The molecule has 104 valence electrons. The monoisotopic (exact) mass is 259 g/mol. The van der Waals surface area contributed by atoms with Crippen LogP contribution in [0.4, 0.5) is 4.79 Å². The first kappa shape index (κ1) is 16.1. The van der Waals surface area contributed by atoms with E-state index in [1.807, 2.05) is 6.92 Å². The van der Waals surface area contributed by atoms with Gasteiger partial charge in [-0.3, -0.25) is 4.79 Å². The maximum absolute atomic E-state index is 11.3. The molecule has 1 heterocycles. The Hall–Kier alpha value is -1.85. The summed E-state index contributed by atoms with van der Waals surface area (Å²) in [6, 6.07) is -0.924. The second-order valence-corrected chi connectivity index (χ2v) is 4.60. The molecule has 1 atom stereocenters. The summed E-state index contributed by atoms with van der Waals surface area (Å²) in [5, 5.41) is 2.21. The lowest BCUT2D eigenvalue weighted by molar-refractivity contribution is -0.157. The number of hydrogen-bond donors (Lipinski definition) is 1. The Morgan fingerprint density at radius 1 is 1.56 bits per heavy atom. The summed E-state index contributed by atoms with van der Waals surface area (Å²) in [7, 11) is 0. The van der Waals surface area contributed by atoms with E-state index in [-0.39, 0.29) is 7.85 Å². The second kappa shape index (κ2) is 6.78. The first-order valence-corrected chi connectivity index (χ1v) is 5.50. The van der Waals surface area contributed by atoms with E-state index in [4.69, 9.17) is 4.74 Å². The van der Waals surface area contributed by atoms with E-state index in [0.29, 0.717) is 0 Å². The van der Waals surface area contributed by atoms with Crippen molar-refractivity contribution in [3.8, 4) is 0 Å². The van der Waals surface area contributed by atoms with Gasteiger partial charge in [0, 0.05) is 1.43 Å². The van der Waals surface area contributed by atoms with E-state index in [9.17, 15) is 14.4 Å². The number of ether oxygens (including phenoxy) is 2. The van der Waals surface area contributed by atoms with Crippen LogP contribution in [0.1, 0.15) is 35.5 Å². The molecule has 0 unspecified atom stereocenters. The van der Waals surface area contributed by atoms with Gasteiger partial charge in [0.2, 0.25) is 0 Å². The zero-order chi connectivity index (χ0) is 14.3. The van der Waals surface area contributed by atoms with Gasteiger partial charge in [0.05, 0.1) is 6.42 Å². The molecule has 0 aromatic rings. The zero-order valence-corrected chi connectivity index (χ0v) is 11.1. The molecule has 6 heteroatoms. The van der Waals surface area contributed by atoms with Crippen LogP contribution < -0.4 is 5.32 Å². The number of carbonyl (C=O) groups is 3. The summed E-state index contributed by atoms with van der Waals surface area (Å²) >= 11 is 0. The number of hydrogen-bond acceptors (Lipinski definition) is 5. The van der Waals surface area contributed by atoms with Crippen LogP contribution in [-0.2, 0) is 19.1 Å². The second-order valence-electron chi connectivity index (χ2n) is 4.60. The molecule has 1 saturated heterocycles. The molecule has 1 fully saturated rings. The van der Waals surface area contributed by atoms with Crippen LogP contribution in [-0.4, -0.2) is 29.7 Å². The van der Waals surface area contributed by atoms with Gasteiger partial charge in [-0.1, -0.05) is 6.08 Å². The number of esters is 2. The molecule has 0 bridgehead atoms. The lowest BCUT2D eigenvalue weighted by Crippen LogP contribution is -2.34. The van der Waals surface area contributed by atoms with Crippen molar-refractivity contribution in [2.24, 2.45) is 0 Å². The van der Waals surface area contributed by atoms with Crippen molar-refractivity contribution in [1.29, 1.82) is 0 Å². The molecular weight excluding hydrogens is 238 g/mol. The minimum absolute atomic E-state index is 0. The summed E-state index contributed by atoms with van der Waals surface area (Å²) in [4.78, 5) is 32.9. The number of carbonyl (C=O) groups excluding carboxylic acids is 3. The number of nitrogens with one attached hydrogen (secondary N) is 1. The van der Waals surface area contributed by atoms with Gasteiger partial charge in [0.25, 0.3) is 0 Å². The van der Waals surface area contributed by atoms with Gasteiger partial charge in [-0.25, -0.2) is 9.59 Å². The summed E-state index contributed by atoms with van der Waals surface area (Å²) in [6.07, 6.45) is 0.718. The van der Waals surface area contributed by atoms with Crippen LogP contribution in [0, 0.1) is 0 Å². The Kier molecular flexibility index (Phi) is 6.08.